The fourth-order valence-electron chi connectivity index (χ4n) is 3.10. The van der Waals surface area contributed by atoms with Crippen molar-refractivity contribution in [1.29, 1.82) is 0 Å². The molecule has 0 aliphatic heterocycles. The number of rotatable bonds is 7. The molecule has 1 heterocycles. The molecule has 7 heteroatoms. The topological polar surface area (TPSA) is 71.5 Å². The molecule has 0 unspecified atom stereocenters. The summed E-state index contributed by atoms with van der Waals surface area (Å²) in [6, 6.07) is 2.30. The summed E-state index contributed by atoms with van der Waals surface area (Å²) in [5, 5.41) is 3.05. The Morgan fingerprint density at radius 3 is 2.46 bits per heavy atom. The molecule has 1 fully saturated rings. The van der Waals surface area contributed by atoms with Crippen LogP contribution in [0, 0.1) is 0 Å². The number of furan rings is 1. The lowest BCUT2D eigenvalue weighted by atomic mass is 10.2. The monoisotopic (exact) mass is 379 g/mol. The molecule has 0 spiro atoms. The highest BCUT2D eigenvalue weighted by Crippen LogP contribution is 2.21. The van der Waals surface area contributed by atoms with E-state index in [4.69, 9.17) is 10.2 Å². The Morgan fingerprint density at radius 2 is 1.96 bits per heavy atom. The predicted molar refractivity (Wildman–Crippen MR) is 102 cm³/mol. The second-order valence-corrected chi connectivity index (χ2v) is 6.12. The summed E-state index contributed by atoms with van der Waals surface area (Å²) >= 11 is 0. The number of carbonyl (C=O) groups excluding carboxylic acids is 1. The van der Waals surface area contributed by atoms with Crippen LogP contribution >= 0.6 is 24.8 Å². The number of nitrogens with two attached hydrogens (primary N) is 1. The number of hydrogen-bond acceptors (Lipinski definition) is 4. The maximum atomic E-state index is 12.4. The number of hydrogen-bond donors (Lipinski definition) is 2. The van der Waals surface area contributed by atoms with E-state index < -0.39 is 0 Å². The van der Waals surface area contributed by atoms with Gasteiger partial charge in [-0.25, -0.2) is 0 Å². The molecule has 1 aromatic rings. The fourth-order valence-corrected chi connectivity index (χ4v) is 3.10. The van der Waals surface area contributed by atoms with Crippen LogP contribution in [0.15, 0.2) is 10.5 Å². The van der Waals surface area contributed by atoms with Crippen LogP contribution in [0.4, 0.5) is 0 Å². The lowest BCUT2D eigenvalue weighted by molar-refractivity contribution is 0.0908. The highest BCUT2D eigenvalue weighted by Gasteiger charge is 2.25. The zero-order valence-electron chi connectivity index (χ0n) is 14.8. The van der Waals surface area contributed by atoms with E-state index in [-0.39, 0.29) is 42.8 Å². The molecule has 0 saturated heterocycles. The van der Waals surface area contributed by atoms with Crippen LogP contribution in [-0.2, 0) is 13.0 Å². The van der Waals surface area contributed by atoms with Gasteiger partial charge in [-0.1, -0.05) is 20.8 Å². The average molecular weight is 380 g/mol. The number of nitrogens with zero attached hydrogens (tertiary/aromatic N) is 1. The fraction of sp³-hybridized carbons (Fsp3) is 0.706. The van der Waals surface area contributed by atoms with Gasteiger partial charge in [0.15, 0.2) is 5.76 Å². The van der Waals surface area contributed by atoms with Gasteiger partial charge < -0.3 is 15.5 Å². The Hall–Kier alpha value is -0.750. The molecule has 0 bridgehead atoms. The predicted octanol–water partition coefficient (Wildman–Crippen LogP) is 3.14. The van der Waals surface area contributed by atoms with Crippen LogP contribution in [0.1, 0.15) is 61.9 Å². The molecule has 1 aromatic heterocycles. The van der Waals surface area contributed by atoms with Crippen molar-refractivity contribution in [3.05, 3.63) is 23.2 Å². The number of carbonyl (C=O) groups is 1. The average Bonchev–Trinajstić information content (AvgIpc) is 3.10. The van der Waals surface area contributed by atoms with Gasteiger partial charge in [0.05, 0.1) is 0 Å². The number of nitrogens with one attached hydrogen (secondary N) is 1. The van der Waals surface area contributed by atoms with Gasteiger partial charge in [-0.3, -0.25) is 9.69 Å². The van der Waals surface area contributed by atoms with E-state index in [9.17, 15) is 4.79 Å². The molecule has 1 aliphatic carbocycles. The van der Waals surface area contributed by atoms with E-state index in [0.717, 1.165) is 56.6 Å². The molecule has 1 amide bonds. The Balaban J connectivity index is 0.00000264. The molecular weight excluding hydrogens is 349 g/mol. The molecule has 3 N–H and O–H groups in total. The SMILES string of the molecule is CCc1oc(C(=O)N[C@@H]2CC[C@@H](N)C2)cc1CN(CC)CC.Cl.Cl. The van der Waals surface area contributed by atoms with Gasteiger partial charge in [-0.05, 0) is 38.4 Å². The van der Waals surface area contributed by atoms with E-state index in [1.54, 1.807) is 0 Å². The van der Waals surface area contributed by atoms with Gasteiger partial charge in [-0.2, -0.15) is 0 Å². The lowest BCUT2D eigenvalue weighted by Crippen LogP contribution is -2.33. The van der Waals surface area contributed by atoms with Gasteiger partial charge in [0.1, 0.15) is 5.76 Å². The Kier molecular flexibility index (Phi) is 10.6. The van der Waals surface area contributed by atoms with E-state index in [1.807, 2.05) is 6.07 Å². The zero-order valence-corrected chi connectivity index (χ0v) is 16.5. The minimum atomic E-state index is -0.111. The maximum Gasteiger partial charge on any atom is 0.287 e. The highest BCUT2D eigenvalue weighted by atomic mass is 35.5. The van der Waals surface area contributed by atoms with Crippen LogP contribution in [-0.4, -0.2) is 36.0 Å². The quantitative estimate of drug-likeness (QED) is 0.762. The summed E-state index contributed by atoms with van der Waals surface area (Å²) in [7, 11) is 0. The summed E-state index contributed by atoms with van der Waals surface area (Å²) in [5.74, 6) is 1.24. The maximum absolute atomic E-state index is 12.4. The smallest absolute Gasteiger partial charge is 0.287 e. The van der Waals surface area contributed by atoms with Crippen molar-refractivity contribution in [2.24, 2.45) is 5.73 Å². The highest BCUT2D eigenvalue weighted by molar-refractivity contribution is 5.92. The van der Waals surface area contributed by atoms with Crippen molar-refractivity contribution >= 4 is 30.7 Å². The van der Waals surface area contributed by atoms with Crippen LogP contribution in [0.3, 0.4) is 0 Å². The number of amides is 1. The number of halogens is 2. The van der Waals surface area contributed by atoms with Crippen LogP contribution in [0.2, 0.25) is 0 Å². The van der Waals surface area contributed by atoms with Crippen molar-refractivity contribution in [3.63, 3.8) is 0 Å². The first-order valence-corrected chi connectivity index (χ1v) is 8.47. The second kappa shape index (κ2) is 11.0. The molecule has 0 radical (unpaired) electrons. The Bertz CT molecular complexity index is 504. The Morgan fingerprint density at radius 1 is 1.29 bits per heavy atom. The first-order valence-electron chi connectivity index (χ1n) is 8.47. The molecule has 1 saturated carbocycles. The van der Waals surface area contributed by atoms with Crippen molar-refractivity contribution < 1.29 is 9.21 Å². The normalized spacial score (nSPS) is 19.7. The first-order chi connectivity index (χ1) is 10.6. The molecule has 2 atom stereocenters. The van der Waals surface area contributed by atoms with Gasteiger partial charge >= 0.3 is 0 Å². The second-order valence-electron chi connectivity index (χ2n) is 6.12. The number of aryl methyl sites for hydroxylation is 1. The molecule has 24 heavy (non-hydrogen) atoms. The van der Waals surface area contributed by atoms with Gasteiger partial charge in [0.25, 0.3) is 5.91 Å². The summed E-state index contributed by atoms with van der Waals surface area (Å²) in [5.41, 5.74) is 7.02. The summed E-state index contributed by atoms with van der Waals surface area (Å²) < 4.78 is 5.78. The van der Waals surface area contributed by atoms with Crippen LogP contribution in [0.25, 0.3) is 0 Å². The molecule has 1 aliphatic rings. The van der Waals surface area contributed by atoms with Crippen molar-refractivity contribution in [2.75, 3.05) is 13.1 Å². The summed E-state index contributed by atoms with van der Waals surface area (Å²) in [6.07, 6.45) is 3.61. The molecule has 5 nitrogen and oxygen atoms in total. The van der Waals surface area contributed by atoms with E-state index in [0.29, 0.717) is 5.76 Å². The third kappa shape index (κ3) is 5.96. The van der Waals surface area contributed by atoms with Crippen molar-refractivity contribution in [3.8, 4) is 0 Å². The van der Waals surface area contributed by atoms with Gasteiger partial charge in [-0.15, -0.1) is 24.8 Å². The molecular formula is C17H31Cl2N3O2. The van der Waals surface area contributed by atoms with Gasteiger partial charge in [0, 0.05) is 30.6 Å². The van der Waals surface area contributed by atoms with Crippen LogP contribution in [0.5, 0.6) is 0 Å². The van der Waals surface area contributed by atoms with E-state index in [1.165, 1.54) is 0 Å². The van der Waals surface area contributed by atoms with Crippen LogP contribution < -0.4 is 11.1 Å². The summed E-state index contributed by atoms with van der Waals surface area (Å²) in [4.78, 5) is 14.7. The van der Waals surface area contributed by atoms with E-state index >= 15 is 0 Å². The first kappa shape index (κ1) is 23.2. The molecule has 0 aromatic carbocycles. The molecule has 2 rings (SSSR count). The summed E-state index contributed by atoms with van der Waals surface area (Å²) in [6.45, 7) is 9.17. The lowest BCUT2D eigenvalue weighted by Gasteiger charge is -2.17. The van der Waals surface area contributed by atoms with E-state index in [2.05, 4.69) is 31.0 Å². The zero-order chi connectivity index (χ0) is 16.1. The Labute approximate surface area is 157 Å². The minimum absolute atomic E-state index is 0. The van der Waals surface area contributed by atoms with Gasteiger partial charge in [0.2, 0.25) is 0 Å². The third-order valence-corrected chi connectivity index (χ3v) is 4.54. The minimum Gasteiger partial charge on any atom is -0.456 e. The largest absolute Gasteiger partial charge is 0.456 e. The van der Waals surface area contributed by atoms with Crippen molar-refractivity contribution in [2.45, 2.75) is 65.1 Å². The van der Waals surface area contributed by atoms with Crippen molar-refractivity contribution in [1.82, 2.24) is 10.2 Å². The third-order valence-electron chi connectivity index (χ3n) is 4.54. The standard InChI is InChI=1S/C17H29N3O2.2ClH/c1-4-15-12(11-20(5-2)6-3)9-16(22-15)17(21)19-14-8-7-13(18)10-14;;/h9,13-14H,4-8,10-11,18H2,1-3H3,(H,19,21);2*1H/t13-,14-;;/m1../s1. The molecule has 140 valence electrons.